The molecule has 2 rings (SSSR count). The van der Waals surface area contributed by atoms with Crippen molar-refractivity contribution in [1.29, 1.82) is 0 Å². The molecule has 0 unspecified atom stereocenters. The third-order valence-corrected chi connectivity index (χ3v) is 3.61. The first-order chi connectivity index (χ1) is 12.3. The molecule has 0 aromatic heterocycles. The third-order valence-electron chi connectivity index (χ3n) is 3.29. The van der Waals surface area contributed by atoms with E-state index in [1.54, 1.807) is 24.3 Å². The summed E-state index contributed by atoms with van der Waals surface area (Å²) in [6.45, 7) is 0.736. The van der Waals surface area contributed by atoms with Crippen molar-refractivity contribution in [2.24, 2.45) is 0 Å². The molecule has 0 aliphatic rings. The number of carbonyl (C=O) groups excluding carboxylic acids is 3. The van der Waals surface area contributed by atoms with Crippen molar-refractivity contribution in [3.05, 3.63) is 68.7 Å². The number of amides is 1. The van der Waals surface area contributed by atoms with Crippen molar-refractivity contribution in [3.63, 3.8) is 0 Å². The summed E-state index contributed by atoms with van der Waals surface area (Å²) in [6, 6.07) is 9.80. The number of carbonyl (C=O) groups is 3. The predicted octanol–water partition coefficient (Wildman–Crippen LogP) is 3.25. The number of benzene rings is 2. The molecule has 1 amide bonds. The monoisotopic (exact) mass is 376 g/mol. The quantitative estimate of drug-likeness (QED) is 0.358. The number of esters is 1. The number of Topliss-reactive ketones (excluding diaryl/α,β-unsaturated/α-hetero) is 1. The lowest BCUT2D eigenvalue weighted by Crippen LogP contribution is -2.22. The number of nitrogens with zero attached hydrogens (tertiary/aromatic N) is 1. The van der Waals surface area contributed by atoms with Crippen LogP contribution in [0.2, 0.25) is 5.02 Å². The molecule has 134 valence electrons. The molecule has 26 heavy (non-hydrogen) atoms. The van der Waals surface area contributed by atoms with E-state index >= 15 is 0 Å². The average Bonchev–Trinajstić information content (AvgIpc) is 2.60. The van der Waals surface area contributed by atoms with Crippen LogP contribution in [0.15, 0.2) is 42.5 Å². The Kier molecular flexibility index (Phi) is 6.03. The van der Waals surface area contributed by atoms with E-state index in [-0.39, 0.29) is 16.4 Å². The van der Waals surface area contributed by atoms with Crippen molar-refractivity contribution >= 4 is 40.6 Å². The number of nitro groups is 1. The highest BCUT2D eigenvalue weighted by atomic mass is 35.5. The van der Waals surface area contributed by atoms with Gasteiger partial charge in [-0.1, -0.05) is 23.7 Å². The van der Waals surface area contributed by atoms with Crippen molar-refractivity contribution in [2.75, 3.05) is 11.9 Å². The summed E-state index contributed by atoms with van der Waals surface area (Å²) in [4.78, 5) is 45.5. The van der Waals surface area contributed by atoms with Crippen LogP contribution in [0.4, 0.5) is 11.4 Å². The maximum absolute atomic E-state index is 11.9. The molecule has 8 nitrogen and oxygen atoms in total. The van der Waals surface area contributed by atoms with E-state index in [0.29, 0.717) is 11.3 Å². The SMILES string of the molecule is CC(=O)c1ccccc1NC(=O)COC(=O)c1ccc(Cl)c([N+](=O)[O-])c1. The fourth-order valence-electron chi connectivity index (χ4n) is 2.08. The van der Waals surface area contributed by atoms with Crippen LogP contribution in [-0.2, 0) is 9.53 Å². The summed E-state index contributed by atoms with van der Waals surface area (Å²) in [5.41, 5.74) is 0.0580. The van der Waals surface area contributed by atoms with Gasteiger partial charge >= 0.3 is 5.97 Å². The van der Waals surface area contributed by atoms with Gasteiger partial charge in [-0.15, -0.1) is 0 Å². The number of nitro benzene ring substituents is 1. The van der Waals surface area contributed by atoms with Gasteiger partial charge in [-0.3, -0.25) is 19.7 Å². The number of para-hydroxylation sites is 1. The van der Waals surface area contributed by atoms with E-state index in [0.717, 1.165) is 6.07 Å². The molecule has 2 aromatic carbocycles. The number of ketones is 1. The van der Waals surface area contributed by atoms with Gasteiger partial charge < -0.3 is 10.1 Å². The molecular formula is C17H13ClN2O6. The molecule has 0 atom stereocenters. The Balaban J connectivity index is 2.02. The molecule has 0 bridgehead atoms. The molecular weight excluding hydrogens is 364 g/mol. The molecule has 0 saturated carbocycles. The number of halogens is 1. The molecule has 0 aliphatic carbocycles. The number of nitrogens with one attached hydrogen (secondary N) is 1. The van der Waals surface area contributed by atoms with E-state index in [1.807, 2.05) is 0 Å². The van der Waals surface area contributed by atoms with Gasteiger partial charge in [0.2, 0.25) is 0 Å². The minimum absolute atomic E-state index is 0.113. The molecule has 0 heterocycles. The topological polar surface area (TPSA) is 116 Å². The second-order valence-electron chi connectivity index (χ2n) is 5.15. The summed E-state index contributed by atoms with van der Waals surface area (Å²) in [5.74, 6) is -1.80. The first-order valence-corrected chi connectivity index (χ1v) is 7.68. The summed E-state index contributed by atoms with van der Waals surface area (Å²) in [7, 11) is 0. The minimum atomic E-state index is -0.917. The van der Waals surface area contributed by atoms with Crippen molar-refractivity contribution < 1.29 is 24.0 Å². The predicted molar refractivity (Wildman–Crippen MR) is 93.5 cm³/mol. The maximum atomic E-state index is 11.9. The van der Waals surface area contributed by atoms with E-state index in [2.05, 4.69) is 5.32 Å². The summed E-state index contributed by atoms with van der Waals surface area (Å²) < 4.78 is 4.84. The third kappa shape index (κ3) is 4.64. The smallest absolute Gasteiger partial charge is 0.338 e. The zero-order valence-electron chi connectivity index (χ0n) is 13.5. The first kappa shape index (κ1) is 19.1. The van der Waals surface area contributed by atoms with Crippen molar-refractivity contribution in [1.82, 2.24) is 0 Å². The Labute approximate surface area is 152 Å². The summed E-state index contributed by atoms with van der Waals surface area (Å²) in [6.07, 6.45) is 0. The highest BCUT2D eigenvalue weighted by Gasteiger charge is 2.18. The largest absolute Gasteiger partial charge is 0.452 e. The highest BCUT2D eigenvalue weighted by molar-refractivity contribution is 6.32. The number of ether oxygens (including phenoxy) is 1. The second kappa shape index (κ2) is 8.21. The van der Waals surface area contributed by atoms with Gasteiger partial charge in [-0.25, -0.2) is 4.79 Å². The number of anilines is 1. The highest BCUT2D eigenvalue weighted by Crippen LogP contribution is 2.25. The molecule has 0 fully saturated rings. The second-order valence-corrected chi connectivity index (χ2v) is 5.56. The van der Waals surface area contributed by atoms with Gasteiger partial charge in [0.05, 0.1) is 16.2 Å². The van der Waals surface area contributed by atoms with Crippen LogP contribution in [0, 0.1) is 10.1 Å². The van der Waals surface area contributed by atoms with Gasteiger partial charge in [-0.2, -0.15) is 0 Å². The zero-order valence-corrected chi connectivity index (χ0v) is 14.3. The Morgan fingerprint density at radius 2 is 1.88 bits per heavy atom. The van der Waals surface area contributed by atoms with E-state index in [4.69, 9.17) is 16.3 Å². The molecule has 0 aliphatic heterocycles. The zero-order chi connectivity index (χ0) is 19.3. The number of rotatable bonds is 6. The van der Waals surface area contributed by atoms with Gasteiger partial charge in [0.15, 0.2) is 12.4 Å². The molecule has 0 radical (unpaired) electrons. The molecule has 0 saturated heterocycles. The van der Waals surface area contributed by atoms with Crippen LogP contribution in [0.5, 0.6) is 0 Å². The van der Waals surface area contributed by atoms with E-state index < -0.39 is 29.1 Å². The molecule has 1 N–H and O–H groups in total. The van der Waals surface area contributed by atoms with Crippen LogP contribution in [0.3, 0.4) is 0 Å². The van der Waals surface area contributed by atoms with Crippen molar-refractivity contribution in [2.45, 2.75) is 6.92 Å². The number of hydrogen-bond acceptors (Lipinski definition) is 6. The number of hydrogen-bond donors (Lipinski definition) is 1. The summed E-state index contributed by atoms with van der Waals surface area (Å²) >= 11 is 5.67. The van der Waals surface area contributed by atoms with Crippen LogP contribution in [0.25, 0.3) is 0 Å². The van der Waals surface area contributed by atoms with Gasteiger partial charge in [0.25, 0.3) is 11.6 Å². The Hall–Kier alpha value is -3.26. The molecule has 0 spiro atoms. The first-order valence-electron chi connectivity index (χ1n) is 7.30. The Bertz CT molecular complexity index is 897. The van der Waals surface area contributed by atoms with Crippen LogP contribution >= 0.6 is 11.6 Å². The fourth-order valence-corrected chi connectivity index (χ4v) is 2.27. The lowest BCUT2D eigenvalue weighted by atomic mass is 10.1. The lowest BCUT2D eigenvalue weighted by Gasteiger charge is -2.09. The van der Waals surface area contributed by atoms with Crippen LogP contribution < -0.4 is 5.32 Å². The minimum Gasteiger partial charge on any atom is -0.452 e. The van der Waals surface area contributed by atoms with Crippen LogP contribution in [0.1, 0.15) is 27.6 Å². The molecule has 2 aromatic rings. The van der Waals surface area contributed by atoms with Gasteiger partial charge in [-0.05, 0) is 31.2 Å². The van der Waals surface area contributed by atoms with Crippen molar-refractivity contribution in [3.8, 4) is 0 Å². The summed E-state index contributed by atoms with van der Waals surface area (Å²) in [5, 5.41) is 13.2. The standard InChI is InChI=1S/C17H13ClN2O6/c1-10(21)12-4-2-3-5-14(12)19-16(22)9-26-17(23)11-6-7-13(18)15(8-11)20(24)25/h2-8H,9H2,1H3,(H,19,22). The molecule has 9 heteroatoms. The van der Waals surface area contributed by atoms with Crippen LogP contribution in [-0.4, -0.2) is 29.2 Å². The maximum Gasteiger partial charge on any atom is 0.338 e. The lowest BCUT2D eigenvalue weighted by molar-refractivity contribution is -0.384. The van der Waals surface area contributed by atoms with Gasteiger partial charge in [0.1, 0.15) is 5.02 Å². The van der Waals surface area contributed by atoms with E-state index in [9.17, 15) is 24.5 Å². The normalized spacial score (nSPS) is 10.1. The van der Waals surface area contributed by atoms with Gasteiger partial charge in [0, 0.05) is 11.6 Å². The average molecular weight is 377 g/mol. The van der Waals surface area contributed by atoms with E-state index in [1.165, 1.54) is 19.1 Å². The fraction of sp³-hybridized carbons (Fsp3) is 0.118. The Morgan fingerprint density at radius 3 is 2.54 bits per heavy atom. The Morgan fingerprint density at radius 1 is 1.19 bits per heavy atom.